The van der Waals surface area contributed by atoms with Gasteiger partial charge in [-0.2, -0.15) is 0 Å². The number of hydrogen-bond acceptors (Lipinski definition) is 4. The SMILES string of the molecule is C=CCN1C(=O)N/C(=C/c2cc(OC)c(OCc3ccccc3Cl)cc2Br)C1=O. The quantitative estimate of drug-likeness (QED) is 0.354. The first-order valence-corrected chi connectivity index (χ1v) is 9.81. The largest absolute Gasteiger partial charge is 0.493 e. The number of amides is 3. The van der Waals surface area contributed by atoms with Crippen LogP contribution in [-0.4, -0.2) is 30.5 Å². The second-order valence-electron chi connectivity index (χ2n) is 6.10. The summed E-state index contributed by atoms with van der Waals surface area (Å²) < 4.78 is 12.0. The summed E-state index contributed by atoms with van der Waals surface area (Å²) in [5.74, 6) is 0.572. The van der Waals surface area contributed by atoms with E-state index < -0.39 is 11.9 Å². The molecule has 0 aliphatic carbocycles. The first kappa shape index (κ1) is 21.0. The summed E-state index contributed by atoms with van der Waals surface area (Å²) >= 11 is 9.65. The highest BCUT2D eigenvalue weighted by molar-refractivity contribution is 9.10. The Hall–Kier alpha value is -2.77. The van der Waals surface area contributed by atoms with E-state index in [1.165, 1.54) is 13.2 Å². The van der Waals surface area contributed by atoms with Gasteiger partial charge in [-0.05, 0) is 29.8 Å². The third-order valence-electron chi connectivity index (χ3n) is 4.20. The van der Waals surface area contributed by atoms with Gasteiger partial charge in [-0.3, -0.25) is 9.69 Å². The summed E-state index contributed by atoms with van der Waals surface area (Å²) in [5.41, 5.74) is 1.67. The van der Waals surface area contributed by atoms with E-state index in [-0.39, 0.29) is 18.8 Å². The minimum Gasteiger partial charge on any atom is -0.493 e. The van der Waals surface area contributed by atoms with Crippen molar-refractivity contribution >= 4 is 45.5 Å². The van der Waals surface area contributed by atoms with Gasteiger partial charge < -0.3 is 14.8 Å². The molecule has 2 aromatic carbocycles. The van der Waals surface area contributed by atoms with E-state index in [4.69, 9.17) is 21.1 Å². The number of methoxy groups -OCH3 is 1. The maximum atomic E-state index is 12.4. The number of hydrogen-bond donors (Lipinski definition) is 1. The Labute approximate surface area is 181 Å². The Morgan fingerprint density at radius 1 is 1.24 bits per heavy atom. The number of nitrogens with zero attached hydrogens (tertiary/aromatic N) is 1. The van der Waals surface area contributed by atoms with Gasteiger partial charge in [-0.1, -0.05) is 51.8 Å². The van der Waals surface area contributed by atoms with Crippen molar-refractivity contribution in [3.63, 3.8) is 0 Å². The molecule has 1 heterocycles. The molecular weight excluding hydrogens is 460 g/mol. The van der Waals surface area contributed by atoms with Crippen molar-refractivity contribution in [1.82, 2.24) is 10.2 Å². The molecule has 2 aromatic rings. The first-order chi connectivity index (χ1) is 13.9. The third-order valence-corrected chi connectivity index (χ3v) is 5.25. The normalized spacial score (nSPS) is 14.9. The van der Waals surface area contributed by atoms with Crippen molar-refractivity contribution in [2.24, 2.45) is 0 Å². The van der Waals surface area contributed by atoms with Gasteiger partial charge in [0.25, 0.3) is 5.91 Å². The Morgan fingerprint density at radius 3 is 2.69 bits per heavy atom. The molecular formula is C21H18BrClN2O4. The monoisotopic (exact) mass is 476 g/mol. The highest BCUT2D eigenvalue weighted by Gasteiger charge is 2.32. The van der Waals surface area contributed by atoms with Gasteiger partial charge in [0.2, 0.25) is 0 Å². The van der Waals surface area contributed by atoms with Crippen molar-refractivity contribution in [2.45, 2.75) is 6.61 Å². The standard InChI is InChI=1S/C21H18BrClN2O4/c1-3-8-25-20(26)17(24-21(25)27)9-14-10-18(28-2)19(11-15(14)22)29-12-13-6-4-5-7-16(13)23/h3-7,9-11H,1,8,12H2,2H3,(H,24,27)/b17-9+. The van der Waals surface area contributed by atoms with Crippen LogP contribution in [0.15, 0.2) is 59.2 Å². The van der Waals surface area contributed by atoms with Gasteiger partial charge in [0, 0.05) is 21.6 Å². The fraction of sp³-hybridized carbons (Fsp3) is 0.143. The van der Waals surface area contributed by atoms with Crippen LogP contribution in [-0.2, 0) is 11.4 Å². The van der Waals surface area contributed by atoms with Crippen molar-refractivity contribution in [3.8, 4) is 11.5 Å². The summed E-state index contributed by atoms with van der Waals surface area (Å²) in [6.07, 6.45) is 3.07. The van der Waals surface area contributed by atoms with Crippen LogP contribution in [0, 0.1) is 0 Å². The average molecular weight is 478 g/mol. The van der Waals surface area contributed by atoms with E-state index >= 15 is 0 Å². The molecule has 8 heteroatoms. The molecule has 1 fully saturated rings. The second-order valence-corrected chi connectivity index (χ2v) is 7.36. The van der Waals surface area contributed by atoms with Crippen LogP contribution in [0.5, 0.6) is 11.5 Å². The summed E-state index contributed by atoms with van der Waals surface area (Å²) in [6.45, 7) is 3.97. The fourth-order valence-electron chi connectivity index (χ4n) is 2.73. The van der Waals surface area contributed by atoms with Crippen LogP contribution >= 0.6 is 27.5 Å². The molecule has 0 atom stereocenters. The molecule has 3 amide bonds. The summed E-state index contributed by atoms with van der Waals surface area (Å²) in [7, 11) is 1.52. The maximum absolute atomic E-state index is 12.4. The predicted molar refractivity (Wildman–Crippen MR) is 115 cm³/mol. The van der Waals surface area contributed by atoms with E-state index in [9.17, 15) is 9.59 Å². The zero-order valence-corrected chi connectivity index (χ0v) is 17.9. The van der Waals surface area contributed by atoms with Crippen molar-refractivity contribution in [2.75, 3.05) is 13.7 Å². The Bertz CT molecular complexity index is 1010. The van der Waals surface area contributed by atoms with Crippen LogP contribution in [0.3, 0.4) is 0 Å². The van der Waals surface area contributed by atoms with Gasteiger partial charge in [-0.25, -0.2) is 4.79 Å². The second kappa shape index (κ2) is 9.15. The Kier molecular flexibility index (Phi) is 6.61. The topological polar surface area (TPSA) is 67.9 Å². The third kappa shape index (κ3) is 4.63. The Balaban J connectivity index is 1.85. The zero-order valence-electron chi connectivity index (χ0n) is 15.6. The maximum Gasteiger partial charge on any atom is 0.329 e. The minimum atomic E-state index is -0.482. The first-order valence-electron chi connectivity index (χ1n) is 8.63. The summed E-state index contributed by atoms with van der Waals surface area (Å²) in [5, 5.41) is 3.18. The number of imide groups is 1. The number of urea groups is 1. The lowest BCUT2D eigenvalue weighted by Gasteiger charge is -2.13. The van der Waals surface area contributed by atoms with Gasteiger partial charge >= 0.3 is 6.03 Å². The van der Waals surface area contributed by atoms with Gasteiger partial charge in [-0.15, -0.1) is 6.58 Å². The summed E-state index contributed by atoms with van der Waals surface area (Å²) in [6, 6.07) is 10.4. The molecule has 1 aliphatic rings. The van der Waals surface area contributed by atoms with Crippen molar-refractivity contribution < 1.29 is 19.1 Å². The number of halogens is 2. The van der Waals surface area contributed by atoms with Crippen molar-refractivity contribution in [3.05, 3.63) is 75.4 Å². The van der Waals surface area contributed by atoms with Gasteiger partial charge in [0.05, 0.1) is 7.11 Å². The molecule has 0 unspecified atom stereocenters. The number of benzene rings is 2. The number of ether oxygens (including phenoxy) is 2. The van der Waals surface area contributed by atoms with E-state index in [2.05, 4.69) is 27.8 Å². The molecule has 0 aromatic heterocycles. The van der Waals surface area contributed by atoms with E-state index in [1.807, 2.05) is 18.2 Å². The molecule has 1 aliphatic heterocycles. The highest BCUT2D eigenvalue weighted by Crippen LogP contribution is 2.35. The molecule has 0 spiro atoms. The van der Waals surface area contributed by atoms with Gasteiger partial charge in [0.1, 0.15) is 12.3 Å². The number of rotatable bonds is 7. The minimum absolute atomic E-state index is 0.140. The van der Waals surface area contributed by atoms with E-state index in [1.54, 1.807) is 24.3 Å². The lowest BCUT2D eigenvalue weighted by Crippen LogP contribution is -2.30. The Morgan fingerprint density at radius 2 is 2.00 bits per heavy atom. The van der Waals surface area contributed by atoms with E-state index in [0.29, 0.717) is 26.6 Å². The molecule has 1 N–H and O–H groups in total. The lowest BCUT2D eigenvalue weighted by molar-refractivity contribution is -0.122. The fourth-order valence-corrected chi connectivity index (χ4v) is 3.35. The van der Waals surface area contributed by atoms with Crippen molar-refractivity contribution in [1.29, 1.82) is 0 Å². The average Bonchev–Trinajstić information content (AvgIpc) is 2.96. The molecule has 29 heavy (non-hydrogen) atoms. The number of carbonyl (C=O) groups is 2. The van der Waals surface area contributed by atoms with Crippen LogP contribution in [0.2, 0.25) is 5.02 Å². The molecule has 0 radical (unpaired) electrons. The van der Waals surface area contributed by atoms with Gasteiger partial charge in [0.15, 0.2) is 11.5 Å². The van der Waals surface area contributed by atoms with Crippen LogP contribution in [0.4, 0.5) is 4.79 Å². The molecule has 0 saturated carbocycles. The molecule has 1 saturated heterocycles. The lowest BCUT2D eigenvalue weighted by atomic mass is 10.1. The molecule has 0 bridgehead atoms. The number of carbonyl (C=O) groups excluding carboxylic acids is 2. The predicted octanol–water partition coefficient (Wildman–Crippen LogP) is 4.77. The number of nitrogens with one attached hydrogen (secondary N) is 1. The van der Waals surface area contributed by atoms with Crippen LogP contribution < -0.4 is 14.8 Å². The molecule has 150 valence electrons. The molecule has 3 rings (SSSR count). The molecule has 6 nitrogen and oxygen atoms in total. The summed E-state index contributed by atoms with van der Waals surface area (Å²) in [4.78, 5) is 25.4. The van der Waals surface area contributed by atoms with E-state index in [0.717, 1.165) is 10.5 Å². The smallest absolute Gasteiger partial charge is 0.329 e. The van der Waals surface area contributed by atoms with Crippen LogP contribution in [0.1, 0.15) is 11.1 Å². The highest BCUT2D eigenvalue weighted by atomic mass is 79.9. The van der Waals surface area contributed by atoms with Crippen LogP contribution in [0.25, 0.3) is 6.08 Å². The zero-order chi connectivity index (χ0) is 21.0.